The first-order valence-corrected chi connectivity index (χ1v) is 22.2. The number of hydrogen-bond donors (Lipinski definition) is 2. The van der Waals surface area contributed by atoms with E-state index in [9.17, 15) is 9.59 Å². The van der Waals surface area contributed by atoms with Gasteiger partial charge in [0.15, 0.2) is 5.13 Å². The van der Waals surface area contributed by atoms with Crippen molar-refractivity contribution in [1.29, 1.82) is 0 Å². The van der Waals surface area contributed by atoms with Crippen molar-refractivity contribution in [3.63, 3.8) is 0 Å². The van der Waals surface area contributed by atoms with Crippen LogP contribution in [-0.2, 0) is 13.1 Å². The summed E-state index contributed by atoms with van der Waals surface area (Å²) < 4.78 is 0. The van der Waals surface area contributed by atoms with Gasteiger partial charge in [0, 0.05) is 70.1 Å². The van der Waals surface area contributed by atoms with Gasteiger partial charge in [0.05, 0.1) is 34.3 Å². The van der Waals surface area contributed by atoms with Crippen LogP contribution in [0.1, 0.15) is 63.1 Å². The first-order valence-electron chi connectivity index (χ1n) is 19.6. The number of fused-ring (bicyclic) bond motifs is 2. The number of carbonyl (C=O) groups is 2. The first kappa shape index (κ1) is 37.4. The Morgan fingerprint density at radius 3 is 2.20 bits per heavy atom. The Kier molecular flexibility index (Phi) is 10.4. The summed E-state index contributed by atoms with van der Waals surface area (Å²) in [7, 11) is 0. The van der Waals surface area contributed by atoms with Crippen molar-refractivity contribution >= 4 is 78.4 Å². The molecule has 1 unspecified atom stereocenters. The smallest absolute Gasteiger partial charge is 0.276 e. The molecule has 2 aliphatic heterocycles. The van der Waals surface area contributed by atoms with Crippen molar-refractivity contribution in [3.05, 3.63) is 130 Å². The van der Waals surface area contributed by atoms with E-state index in [-0.39, 0.29) is 17.7 Å². The van der Waals surface area contributed by atoms with Crippen LogP contribution in [0.5, 0.6) is 0 Å². The van der Waals surface area contributed by atoms with E-state index in [1.54, 1.807) is 53.4 Å². The third-order valence-corrected chi connectivity index (χ3v) is 13.4. The minimum atomic E-state index is -0.296. The molecule has 0 aliphatic carbocycles. The molecule has 2 fully saturated rings. The van der Waals surface area contributed by atoms with Gasteiger partial charge in [-0.2, -0.15) is 0 Å². The maximum atomic E-state index is 13.5. The molecule has 2 N–H and O–H groups in total. The van der Waals surface area contributed by atoms with Gasteiger partial charge >= 0.3 is 0 Å². The van der Waals surface area contributed by atoms with Crippen LogP contribution in [0, 0.1) is 0 Å². The summed E-state index contributed by atoms with van der Waals surface area (Å²) in [5.74, 6) is -0.299. The number of carbonyl (C=O) groups excluding carboxylic acids is 2. The van der Waals surface area contributed by atoms with Gasteiger partial charge in [0.1, 0.15) is 21.4 Å². The topological polar surface area (TPSA) is 142 Å². The summed E-state index contributed by atoms with van der Waals surface area (Å²) in [6.07, 6.45) is 8.43. The number of pyridine rings is 3. The average Bonchev–Trinajstić information content (AvgIpc) is 4.13. The molecule has 8 heterocycles. The van der Waals surface area contributed by atoms with Gasteiger partial charge in [0.2, 0.25) is 0 Å². The van der Waals surface area contributed by atoms with Crippen molar-refractivity contribution in [2.45, 2.75) is 38.3 Å². The van der Waals surface area contributed by atoms with Crippen molar-refractivity contribution in [2.24, 2.45) is 0 Å². The van der Waals surface area contributed by atoms with E-state index in [0.717, 1.165) is 100 Å². The van der Waals surface area contributed by atoms with Gasteiger partial charge in [-0.15, -0.1) is 34.0 Å². The monoisotopic (exact) mass is 834 g/mol. The normalized spacial score (nSPS) is 16.0. The second-order valence-electron chi connectivity index (χ2n) is 14.8. The van der Waals surface area contributed by atoms with Gasteiger partial charge in [-0.05, 0) is 86.8 Å². The Bertz CT molecular complexity index is 2800. The molecule has 2 aliphatic rings. The van der Waals surface area contributed by atoms with E-state index >= 15 is 0 Å². The predicted molar refractivity (Wildman–Crippen MR) is 235 cm³/mol. The largest absolute Gasteiger partial charge is 0.319 e. The van der Waals surface area contributed by atoms with Crippen molar-refractivity contribution in [3.8, 4) is 21.1 Å². The zero-order valence-electron chi connectivity index (χ0n) is 31.9. The van der Waals surface area contributed by atoms with Crippen LogP contribution in [0.4, 0.5) is 10.8 Å². The lowest BCUT2D eigenvalue weighted by molar-refractivity contribution is 0.101. The van der Waals surface area contributed by atoms with E-state index < -0.39 is 0 Å². The van der Waals surface area contributed by atoms with Crippen LogP contribution in [-0.4, -0.2) is 77.7 Å². The molecule has 10 rings (SSSR count). The highest BCUT2D eigenvalue weighted by Crippen LogP contribution is 2.39. The highest BCUT2D eigenvalue weighted by atomic mass is 32.1. The SMILES string of the molecule is O=C(Nc1cccnc1)c1ccc2c(C3CCN(Cc4csc(-c5cccc6ccc(C(=O)Nc7nccs7)nc56)n4)C3)ccc(-c3nc(CN4CCCC4)cs3)c2n1. The molecule has 59 heavy (non-hydrogen) atoms. The fraction of sp³-hybridized carbons (Fsp3) is 0.227. The Hall–Kier alpha value is -5.84. The zero-order chi connectivity index (χ0) is 39.7. The summed E-state index contributed by atoms with van der Waals surface area (Å²) in [5.41, 5.74) is 7.96. The van der Waals surface area contributed by atoms with Crippen LogP contribution >= 0.6 is 34.0 Å². The summed E-state index contributed by atoms with van der Waals surface area (Å²) >= 11 is 4.60. The van der Waals surface area contributed by atoms with E-state index in [0.29, 0.717) is 22.2 Å². The Morgan fingerprint density at radius 2 is 1.44 bits per heavy atom. The number of amides is 2. The number of benzene rings is 2. The lowest BCUT2D eigenvalue weighted by Gasteiger charge is -2.17. The molecule has 0 saturated carbocycles. The highest BCUT2D eigenvalue weighted by Gasteiger charge is 2.28. The standard InChI is InChI=1S/C44H38N10O2S3/c55-40(47-29-6-4-15-45-21-29)37-13-11-33-32(9-10-35(39(33)51-37)43-48-30(25-59-43)23-53-17-1-2-18-53)28-14-19-54(22-28)24-31-26-58-42(49-31)34-7-3-5-27-8-12-36(50-38(27)34)41(56)52-44-46-16-20-57-44/h3-13,15-16,20-21,25-26,28H,1-2,14,17-19,22-24H2,(H,47,55)(H,46,52,56). The van der Waals surface area contributed by atoms with Crippen LogP contribution in [0.3, 0.4) is 0 Å². The van der Waals surface area contributed by atoms with E-state index in [4.69, 9.17) is 19.9 Å². The van der Waals surface area contributed by atoms with Crippen LogP contribution < -0.4 is 10.6 Å². The molecule has 12 nitrogen and oxygen atoms in total. The van der Waals surface area contributed by atoms with Gasteiger partial charge < -0.3 is 5.32 Å². The maximum absolute atomic E-state index is 13.5. The number of nitrogens with zero attached hydrogens (tertiary/aromatic N) is 8. The Morgan fingerprint density at radius 1 is 0.695 bits per heavy atom. The number of thiazole rings is 3. The highest BCUT2D eigenvalue weighted by molar-refractivity contribution is 7.14. The molecule has 0 spiro atoms. The molecule has 2 saturated heterocycles. The molecule has 0 bridgehead atoms. The molecule has 8 aromatic rings. The summed E-state index contributed by atoms with van der Waals surface area (Å²) in [5, 5.41) is 16.2. The third kappa shape index (κ3) is 7.99. The van der Waals surface area contributed by atoms with E-state index in [2.05, 4.69) is 59.4 Å². The summed E-state index contributed by atoms with van der Waals surface area (Å²) in [6.45, 7) is 5.60. The number of para-hydroxylation sites is 1. The van der Waals surface area contributed by atoms with Crippen molar-refractivity contribution in [1.82, 2.24) is 39.7 Å². The molecule has 2 amide bonds. The van der Waals surface area contributed by atoms with Crippen LogP contribution in [0.2, 0.25) is 0 Å². The first-order chi connectivity index (χ1) is 29.0. The number of anilines is 2. The predicted octanol–water partition coefficient (Wildman–Crippen LogP) is 8.97. The van der Waals surface area contributed by atoms with Crippen molar-refractivity contribution < 1.29 is 9.59 Å². The number of hydrogen-bond acceptors (Lipinski definition) is 13. The molecule has 294 valence electrons. The quantitative estimate of drug-likeness (QED) is 0.130. The molecular weight excluding hydrogens is 797 g/mol. The number of rotatable bonds is 11. The minimum Gasteiger partial charge on any atom is -0.319 e. The van der Waals surface area contributed by atoms with Gasteiger partial charge in [-0.3, -0.25) is 29.7 Å². The van der Waals surface area contributed by atoms with E-state index in [1.165, 1.54) is 29.7 Å². The number of aromatic nitrogens is 6. The Balaban J connectivity index is 0.893. The third-order valence-electron chi connectivity index (χ3n) is 10.9. The van der Waals surface area contributed by atoms with Crippen molar-refractivity contribution in [2.75, 3.05) is 36.8 Å². The van der Waals surface area contributed by atoms with Gasteiger partial charge in [-0.1, -0.05) is 30.3 Å². The fourth-order valence-electron chi connectivity index (χ4n) is 8.05. The number of likely N-dealkylation sites (tertiary alicyclic amines) is 2. The number of nitrogens with one attached hydrogen (secondary N) is 2. The second-order valence-corrected chi connectivity index (χ2v) is 17.5. The van der Waals surface area contributed by atoms with E-state index in [1.807, 2.05) is 41.8 Å². The zero-order valence-corrected chi connectivity index (χ0v) is 34.3. The average molecular weight is 835 g/mol. The Labute approximate surface area is 352 Å². The molecular formula is C44H38N10O2S3. The molecule has 1 atom stereocenters. The summed E-state index contributed by atoms with van der Waals surface area (Å²) in [4.78, 5) is 59.6. The fourth-order valence-corrected chi connectivity index (χ4v) is 10.3. The minimum absolute atomic E-state index is 0.278. The van der Waals surface area contributed by atoms with Crippen LogP contribution in [0.25, 0.3) is 42.9 Å². The molecule has 6 aromatic heterocycles. The molecule has 2 aromatic carbocycles. The van der Waals surface area contributed by atoms with Crippen LogP contribution in [0.15, 0.2) is 101 Å². The van der Waals surface area contributed by atoms with Gasteiger partial charge in [0.25, 0.3) is 11.8 Å². The summed E-state index contributed by atoms with van der Waals surface area (Å²) in [6, 6.07) is 21.6. The molecule has 15 heteroatoms. The lowest BCUT2D eigenvalue weighted by atomic mass is 9.92. The lowest BCUT2D eigenvalue weighted by Crippen LogP contribution is -2.20. The maximum Gasteiger partial charge on any atom is 0.276 e. The second kappa shape index (κ2) is 16.4. The molecule has 0 radical (unpaired) electrons. The van der Waals surface area contributed by atoms with Gasteiger partial charge in [-0.25, -0.2) is 24.9 Å².